The van der Waals surface area contributed by atoms with Crippen molar-refractivity contribution in [1.29, 1.82) is 0 Å². The molecule has 0 bridgehead atoms. The minimum absolute atomic E-state index is 0. The van der Waals surface area contributed by atoms with Gasteiger partial charge in [0.15, 0.2) is 0 Å². The lowest BCUT2D eigenvalue weighted by Gasteiger charge is -2.40. The number of terminal acetylenes is 1. The molecule has 87 heavy (non-hydrogen) atoms. The molecule has 7 aliphatic rings. The van der Waals surface area contributed by atoms with E-state index < -0.39 is 0 Å². The first-order valence-corrected chi connectivity index (χ1v) is 33.9. The lowest BCUT2D eigenvalue weighted by molar-refractivity contribution is -0.150. The van der Waals surface area contributed by atoms with Gasteiger partial charge in [-0.1, -0.05) is 132 Å². The molecule has 0 aromatic rings. The van der Waals surface area contributed by atoms with Gasteiger partial charge < -0.3 is 80.5 Å². The van der Waals surface area contributed by atoms with Gasteiger partial charge in [-0.25, -0.2) is 0 Å². The van der Waals surface area contributed by atoms with Crippen LogP contribution < -0.4 is 0 Å². The Morgan fingerprint density at radius 2 is 0.575 bits per heavy atom. The van der Waals surface area contributed by atoms with Crippen LogP contribution in [0.25, 0.3) is 0 Å². The van der Waals surface area contributed by atoms with Crippen molar-refractivity contribution >= 4 is 0 Å². The topological polar surface area (TPSA) is 157 Å². The van der Waals surface area contributed by atoms with Crippen LogP contribution in [-0.2, 0) is 80.5 Å². The molecule has 0 saturated carbocycles. The Morgan fingerprint density at radius 1 is 0.299 bits per heavy atom. The van der Waals surface area contributed by atoms with Crippen molar-refractivity contribution in [2.45, 2.75) is 177 Å². The van der Waals surface area contributed by atoms with E-state index in [1.807, 2.05) is 0 Å². The van der Waals surface area contributed by atoms with E-state index in [9.17, 15) is 0 Å². The normalized spacial score (nSPS) is 20.1. The van der Waals surface area contributed by atoms with Gasteiger partial charge >= 0.3 is 0 Å². The summed E-state index contributed by atoms with van der Waals surface area (Å²) in [4.78, 5) is 0. The van der Waals surface area contributed by atoms with Crippen molar-refractivity contribution < 1.29 is 83.4 Å². The highest BCUT2D eigenvalue weighted by Crippen LogP contribution is 2.33. The standard InChI is InChI=1S/C15H30O2.C13H26O3.C11H22O2.C10H20O3.C8H16O3.C7H10O2.C6H12O2.2H2/c1-3-5-6-7-8-9-10-11-16-12-15(4-2)13-17-14-15;1-3-13(11-16-12-13)10-15-9-7-5-4-6-8-14-2;1-3-4-5-6-7-12-8-11(2)9-13-10-11;1-10(8-13-9-10)7-12-6-4-3-5-11-2;1-8(6-11-7-8)5-10-4-3-9-2;1-3-7(4-8-2)5-9-6-7;1-6(3-7-2)4-8-5-6;;/h3-14H2,1-2H3;3-12H2,1-2H3;3-10H2,1-2H3;3-9H2,1-2H3;3-7H2,1-2H3;1H,4-6H2,2H3;3-5H2,1-2H3;2*1H. The third-order valence-corrected chi connectivity index (χ3v) is 16.6. The molecule has 7 heterocycles. The first-order valence-electron chi connectivity index (χ1n) is 33.9. The second-order valence-corrected chi connectivity index (χ2v) is 27.2. The third-order valence-electron chi connectivity index (χ3n) is 16.6. The van der Waals surface area contributed by atoms with Gasteiger partial charge in [0, 0.05) is 111 Å². The first-order chi connectivity index (χ1) is 42.1. The van der Waals surface area contributed by atoms with Gasteiger partial charge in [0.05, 0.1) is 152 Å². The molecule has 0 aromatic heterocycles. The Balaban J connectivity index is 0. The van der Waals surface area contributed by atoms with Gasteiger partial charge in [0.1, 0.15) is 5.41 Å². The molecular formula is C70H140O17. The smallest absolute Gasteiger partial charge is 0.101 e. The molecule has 17 heteroatoms. The molecule has 0 amide bonds. The number of hydrogen-bond donors (Lipinski definition) is 0. The molecule has 0 spiro atoms. The van der Waals surface area contributed by atoms with Crippen LogP contribution in [0.4, 0.5) is 0 Å². The molecule has 7 saturated heterocycles. The highest BCUT2D eigenvalue weighted by atomic mass is 16.6. The summed E-state index contributed by atoms with van der Waals surface area (Å²) < 4.78 is 88.6. The van der Waals surface area contributed by atoms with E-state index in [0.29, 0.717) is 60.1 Å². The maximum Gasteiger partial charge on any atom is 0.101 e. The monoisotopic (exact) mass is 1250 g/mol. The van der Waals surface area contributed by atoms with E-state index in [0.717, 1.165) is 171 Å². The lowest BCUT2D eigenvalue weighted by atomic mass is 9.84. The van der Waals surface area contributed by atoms with Crippen molar-refractivity contribution in [3.05, 3.63) is 0 Å². The molecular weight excluding hydrogens is 1110 g/mol. The predicted octanol–water partition coefficient (Wildman–Crippen LogP) is 13.0. The molecule has 0 aliphatic carbocycles. The van der Waals surface area contributed by atoms with Crippen molar-refractivity contribution in [3.63, 3.8) is 0 Å². The third kappa shape index (κ3) is 40.6. The average molecular weight is 1250 g/mol. The Kier molecular flexibility index (Phi) is 50.4. The summed E-state index contributed by atoms with van der Waals surface area (Å²) in [5, 5.41) is 0. The number of rotatable bonds is 44. The number of methoxy groups -OCH3 is 5. The van der Waals surface area contributed by atoms with Crippen molar-refractivity contribution in [3.8, 4) is 12.3 Å². The zero-order valence-electron chi connectivity index (χ0n) is 58.5. The highest BCUT2D eigenvalue weighted by Gasteiger charge is 2.39. The number of hydrogen-bond acceptors (Lipinski definition) is 17. The summed E-state index contributed by atoms with van der Waals surface area (Å²) in [7, 11) is 8.54. The van der Waals surface area contributed by atoms with Crippen LogP contribution in [0, 0.1) is 50.2 Å². The molecule has 0 unspecified atom stereocenters. The van der Waals surface area contributed by atoms with Gasteiger partial charge in [-0.3, -0.25) is 0 Å². The lowest BCUT2D eigenvalue weighted by Crippen LogP contribution is -2.45. The predicted molar refractivity (Wildman–Crippen MR) is 352 cm³/mol. The van der Waals surface area contributed by atoms with Crippen LogP contribution in [0.15, 0.2) is 0 Å². The van der Waals surface area contributed by atoms with E-state index in [-0.39, 0.29) is 13.7 Å². The van der Waals surface area contributed by atoms with Crippen molar-refractivity contribution in [2.75, 3.05) is 227 Å². The van der Waals surface area contributed by atoms with Gasteiger partial charge in [-0.15, -0.1) is 6.42 Å². The van der Waals surface area contributed by atoms with E-state index in [2.05, 4.69) is 61.3 Å². The Bertz CT molecular complexity index is 1520. The summed E-state index contributed by atoms with van der Waals surface area (Å²) in [5.74, 6) is 2.67. The van der Waals surface area contributed by atoms with Crippen molar-refractivity contribution in [2.24, 2.45) is 37.9 Å². The zero-order valence-corrected chi connectivity index (χ0v) is 58.5. The molecule has 0 radical (unpaired) electrons. The van der Waals surface area contributed by atoms with E-state index in [1.54, 1.807) is 35.5 Å². The van der Waals surface area contributed by atoms with Crippen molar-refractivity contribution in [1.82, 2.24) is 0 Å². The molecule has 7 fully saturated rings. The van der Waals surface area contributed by atoms with Crippen LogP contribution >= 0.6 is 0 Å². The Hall–Kier alpha value is -1.12. The van der Waals surface area contributed by atoms with Crippen LogP contribution in [0.2, 0.25) is 0 Å². The van der Waals surface area contributed by atoms with Crippen LogP contribution in [0.5, 0.6) is 0 Å². The molecule has 17 nitrogen and oxygen atoms in total. The highest BCUT2D eigenvalue weighted by molar-refractivity contribution is 5.09. The molecule has 0 atom stereocenters. The second kappa shape index (κ2) is 52.3. The van der Waals surface area contributed by atoms with E-state index >= 15 is 0 Å². The minimum atomic E-state index is -0.102. The van der Waals surface area contributed by atoms with Crippen LogP contribution in [0.1, 0.15) is 180 Å². The summed E-state index contributed by atoms with van der Waals surface area (Å²) in [6.45, 7) is 41.9. The van der Waals surface area contributed by atoms with Gasteiger partial charge in [0.25, 0.3) is 0 Å². The fourth-order valence-electron chi connectivity index (χ4n) is 9.60. The fraction of sp³-hybridized carbons (Fsp3) is 0.971. The van der Waals surface area contributed by atoms with Gasteiger partial charge in [-0.2, -0.15) is 0 Å². The first kappa shape index (κ1) is 83.9. The molecule has 0 N–H and O–H groups in total. The summed E-state index contributed by atoms with van der Waals surface area (Å²) in [6, 6.07) is 0. The Morgan fingerprint density at radius 3 is 0.828 bits per heavy atom. The maximum atomic E-state index is 5.78. The fourth-order valence-corrected chi connectivity index (χ4v) is 9.60. The largest absolute Gasteiger partial charge is 0.385 e. The summed E-state index contributed by atoms with van der Waals surface area (Å²) in [5.41, 5.74) is 1.82. The Labute approximate surface area is 536 Å². The number of ether oxygens (including phenoxy) is 17. The molecule has 522 valence electrons. The van der Waals surface area contributed by atoms with Crippen LogP contribution in [0.3, 0.4) is 0 Å². The van der Waals surface area contributed by atoms with Gasteiger partial charge in [-0.05, 0) is 51.4 Å². The maximum absolute atomic E-state index is 5.78. The second-order valence-electron chi connectivity index (χ2n) is 27.2. The molecule has 0 aromatic carbocycles. The summed E-state index contributed by atoms with van der Waals surface area (Å²) >= 11 is 0. The van der Waals surface area contributed by atoms with Crippen LogP contribution in [-0.4, -0.2) is 227 Å². The number of unbranched alkanes of at least 4 members (excludes halogenated alkanes) is 13. The minimum Gasteiger partial charge on any atom is -0.385 e. The van der Waals surface area contributed by atoms with Gasteiger partial charge in [0.2, 0.25) is 0 Å². The van der Waals surface area contributed by atoms with E-state index in [4.69, 9.17) is 87.0 Å². The molecule has 7 aliphatic heterocycles. The quantitative estimate of drug-likeness (QED) is 0.0419. The summed E-state index contributed by atoms with van der Waals surface area (Å²) in [6.07, 6.45) is 29.3. The molecule has 7 rings (SSSR count). The van der Waals surface area contributed by atoms with E-state index in [1.165, 1.54) is 109 Å². The zero-order chi connectivity index (χ0) is 64.2. The average Bonchev–Trinajstić information content (AvgIpc) is 3.62. The SMILES string of the molecule is C#CC1(COC)COC1.CCC1(COCCCCCCOC)COC1.CCCCCCCCCOCC1(CC)COC1.CCCCCCOCC1(C)COC1.COCC1(C)COC1.COCCCCOCC1(C)COC1.COCCOCC1(C)COC1.[HH].[HH].